The zero-order valence-corrected chi connectivity index (χ0v) is 8.10. The number of carbonyl (C=O) groups is 1. The Labute approximate surface area is 87.2 Å². The molecule has 0 aliphatic rings. The van der Waals surface area contributed by atoms with Gasteiger partial charge in [0.2, 0.25) is 0 Å². The number of phenols is 1. The van der Waals surface area contributed by atoms with Crippen molar-refractivity contribution in [2.75, 3.05) is 7.11 Å². The van der Waals surface area contributed by atoms with Crippen LogP contribution in [-0.4, -0.2) is 18.2 Å². The number of ether oxygens (including phenoxy) is 1. The van der Waals surface area contributed by atoms with Gasteiger partial charge in [-0.2, -0.15) is 0 Å². The van der Waals surface area contributed by atoms with Crippen molar-refractivity contribution in [2.45, 2.75) is 0 Å². The predicted octanol–water partition coefficient (Wildman–Crippen LogP) is 2.07. The van der Waals surface area contributed by atoms with Crippen molar-refractivity contribution in [3.63, 3.8) is 0 Å². The molecule has 0 aliphatic carbocycles. The van der Waals surface area contributed by atoms with Crippen molar-refractivity contribution in [1.29, 1.82) is 0 Å². The highest BCUT2D eigenvalue weighted by Gasteiger charge is 2.07. The summed E-state index contributed by atoms with van der Waals surface area (Å²) in [6.07, 6.45) is 2.69. The molecule has 0 amide bonds. The van der Waals surface area contributed by atoms with Crippen LogP contribution in [0.15, 0.2) is 24.4 Å². The van der Waals surface area contributed by atoms with E-state index in [2.05, 4.69) is 9.58 Å². The molecule has 1 aromatic rings. The lowest BCUT2D eigenvalue weighted by Crippen LogP contribution is -2.00. The summed E-state index contributed by atoms with van der Waals surface area (Å²) in [5, 5.41) is 9.50. The molecule has 0 bridgehead atoms. The molecular weight excluding hydrogens is 194 g/mol. The van der Waals surface area contributed by atoms with E-state index in [9.17, 15) is 9.90 Å². The molecule has 1 rings (SSSR count). The highest BCUT2D eigenvalue weighted by Crippen LogP contribution is 2.20. The second kappa shape index (κ2) is 4.82. The third-order valence-corrected chi connectivity index (χ3v) is 1.78. The largest absolute Gasteiger partial charge is 0.507 e. The van der Waals surface area contributed by atoms with Crippen molar-refractivity contribution >= 4 is 12.0 Å². The van der Waals surface area contributed by atoms with Crippen LogP contribution in [0.3, 0.4) is 0 Å². The summed E-state index contributed by atoms with van der Waals surface area (Å²) in [6, 6.07) is 4.37. The Morgan fingerprint density at radius 2 is 2.33 bits per heavy atom. The van der Waals surface area contributed by atoms with Gasteiger partial charge < -0.3 is 9.84 Å². The van der Waals surface area contributed by atoms with E-state index in [1.54, 1.807) is 6.07 Å². The number of rotatable bonds is 2. The number of nitrogens with zero attached hydrogens (tertiary/aromatic N) is 1. The number of esters is 1. The maximum Gasteiger partial charge on any atom is 0.337 e. The van der Waals surface area contributed by atoms with E-state index < -0.39 is 5.97 Å². The Morgan fingerprint density at radius 1 is 1.60 bits per heavy atom. The van der Waals surface area contributed by atoms with Gasteiger partial charge in [0.1, 0.15) is 5.75 Å². The van der Waals surface area contributed by atoms with Gasteiger partial charge in [0.25, 0.3) is 0 Å². The minimum atomic E-state index is -0.508. The molecule has 1 N–H and O–H groups in total. The standard InChI is InChI=1S/C11H9NO3/c1-12-6-5-8-3-4-9(7-10(8)13)11(14)15-2/h3-7,13H,2H3/b6-5+. The number of carbonyl (C=O) groups excluding carboxylic acids is 1. The fourth-order valence-electron chi connectivity index (χ4n) is 1.05. The van der Waals surface area contributed by atoms with Crippen molar-refractivity contribution in [2.24, 2.45) is 0 Å². The first kappa shape index (κ1) is 10.8. The molecule has 4 heteroatoms. The topological polar surface area (TPSA) is 50.9 Å². The molecule has 0 heterocycles. The highest BCUT2D eigenvalue weighted by atomic mass is 16.5. The average Bonchev–Trinajstić information content (AvgIpc) is 2.26. The molecule has 0 unspecified atom stereocenters. The lowest BCUT2D eigenvalue weighted by atomic mass is 10.1. The maximum absolute atomic E-state index is 11.1. The molecule has 0 radical (unpaired) electrons. The summed E-state index contributed by atoms with van der Waals surface area (Å²) in [4.78, 5) is 14.1. The quantitative estimate of drug-likeness (QED) is 0.591. The number of hydrogen-bond donors (Lipinski definition) is 1. The van der Waals surface area contributed by atoms with Crippen LogP contribution in [0.25, 0.3) is 10.9 Å². The van der Waals surface area contributed by atoms with Crippen LogP contribution in [-0.2, 0) is 4.74 Å². The second-order valence-electron chi connectivity index (χ2n) is 2.71. The number of aromatic hydroxyl groups is 1. The van der Waals surface area contributed by atoms with Crippen molar-refractivity contribution in [3.05, 3.63) is 46.9 Å². The van der Waals surface area contributed by atoms with Gasteiger partial charge in [-0.05, 0) is 12.1 Å². The summed E-state index contributed by atoms with van der Waals surface area (Å²) >= 11 is 0. The van der Waals surface area contributed by atoms with Crippen molar-refractivity contribution < 1.29 is 14.6 Å². The summed E-state index contributed by atoms with van der Waals surface area (Å²) in [7, 11) is 1.27. The summed E-state index contributed by atoms with van der Waals surface area (Å²) in [5.74, 6) is -0.566. The van der Waals surface area contributed by atoms with E-state index in [-0.39, 0.29) is 11.3 Å². The van der Waals surface area contributed by atoms with Crippen LogP contribution in [0.2, 0.25) is 0 Å². The van der Waals surface area contributed by atoms with Gasteiger partial charge in [0, 0.05) is 5.56 Å². The molecule has 4 nitrogen and oxygen atoms in total. The third kappa shape index (κ3) is 2.58. The van der Waals surface area contributed by atoms with Gasteiger partial charge in [0.05, 0.1) is 19.2 Å². The monoisotopic (exact) mass is 203 g/mol. The Balaban J connectivity index is 3.04. The van der Waals surface area contributed by atoms with Crippen LogP contribution >= 0.6 is 0 Å². The Hall–Kier alpha value is -2.28. The van der Waals surface area contributed by atoms with Gasteiger partial charge in [-0.1, -0.05) is 12.1 Å². The molecule has 0 aliphatic heterocycles. The molecule has 0 saturated heterocycles. The molecule has 0 atom stereocenters. The maximum atomic E-state index is 11.1. The van der Waals surface area contributed by atoms with Crippen LogP contribution in [0.4, 0.5) is 0 Å². The molecule has 1 aromatic carbocycles. The molecule has 76 valence electrons. The Morgan fingerprint density at radius 3 is 2.87 bits per heavy atom. The van der Waals surface area contributed by atoms with E-state index in [1.807, 2.05) is 0 Å². The van der Waals surface area contributed by atoms with Crippen molar-refractivity contribution in [3.8, 4) is 5.75 Å². The van der Waals surface area contributed by atoms with Crippen molar-refractivity contribution in [1.82, 2.24) is 0 Å². The van der Waals surface area contributed by atoms with Crippen LogP contribution in [0.1, 0.15) is 15.9 Å². The number of methoxy groups -OCH3 is 1. The molecule has 0 spiro atoms. The third-order valence-electron chi connectivity index (χ3n) is 1.78. The minimum absolute atomic E-state index is 0.0576. The second-order valence-corrected chi connectivity index (χ2v) is 2.71. The number of hydrogen-bond acceptors (Lipinski definition) is 3. The fraction of sp³-hybridized carbons (Fsp3) is 0.0909. The molecular formula is C11H9NO3. The molecule has 0 saturated carbocycles. The first-order chi connectivity index (χ1) is 7.19. The zero-order valence-electron chi connectivity index (χ0n) is 8.10. The van der Waals surface area contributed by atoms with Gasteiger partial charge >= 0.3 is 5.97 Å². The average molecular weight is 203 g/mol. The van der Waals surface area contributed by atoms with Crippen LogP contribution < -0.4 is 0 Å². The summed E-state index contributed by atoms with van der Waals surface area (Å²) < 4.78 is 4.50. The molecule has 0 aromatic heterocycles. The number of benzene rings is 1. The van der Waals surface area contributed by atoms with Gasteiger partial charge in [-0.3, -0.25) is 0 Å². The lowest BCUT2D eigenvalue weighted by molar-refractivity contribution is 0.0600. The number of phenolic OH excluding ortho intramolecular Hbond substituents is 1. The highest BCUT2D eigenvalue weighted by molar-refractivity contribution is 5.90. The van der Waals surface area contributed by atoms with E-state index in [0.717, 1.165) is 0 Å². The van der Waals surface area contributed by atoms with E-state index in [4.69, 9.17) is 6.57 Å². The molecule has 15 heavy (non-hydrogen) atoms. The SMILES string of the molecule is [C-]#[N+]/C=C/c1ccc(C(=O)OC)cc1O. The fourth-order valence-corrected chi connectivity index (χ4v) is 1.05. The Kier molecular flexibility index (Phi) is 3.47. The minimum Gasteiger partial charge on any atom is -0.507 e. The lowest BCUT2D eigenvalue weighted by Gasteiger charge is -2.02. The van der Waals surface area contributed by atoms with Crippen LogP contribution in [0, 0.1) is 6.57 Å². The Bertz CT molecular complexity index is 444. The molecule has 0 fully saturated rings. The van der Waals surface area contributed by atoms with Gasteiger partial charge in [-0.25, -0.2) is 9.64 Å². The normalized spacial score (nSPS) is 9.87. The smallest absolute Gasteiger partial charge is 0.337 e. The first-order valence-corrected chi connectivity index (χ1v) is 4.13. The van der Waals surface area contributed by atoms with Gasteiger partial charge in [0.15, 0.2) is 6.20 Å². The summed E-state index contributed by atoms with van der Waals surface area (Å²) in [5.41, 5.74) is 0.758. The summed E-state index contributed by atoms with van der Waals surface area (Å²) in [6.45, 7) is 6.55. The predicted molar refractivity (Wildman–Crippen MR) is 55.1 cm³/mol. The van der Waals surface area contributed by atoms with E-state index in [0.29, 0.717) is 5.56 Å². The van der Waals surface area contributed by atoms with Crippen LogP contribution in [0.5, 0.6) is 5.75 Å². The first-order valence-electron chi connectivity index (χ1n) is 4.13. The van der Waals surface area contributed by atoms with Gasteiger partial charge in [-0.15, -0.1) is 0 Å². The van der Waals surface area contributed by atoms with E-state index in [1.165, 1.54) is 31.5 Å². The van der Waals surface area contributed by atoms with E-state index >= 15 is 0 Å². The zero-order chi connectivity index (χ0) is 11.3.